The number of hydrogen-bond donors (Lipinski definition) is 0. The molecule has 10 aromatic rings. The van der Waals surface area contributed by atoms with Gasteiger partial charge in [0.25, 0.3) is 11.8 Å². The van der Waals surface area contributed by atoms with Crippen LogP contribution in [0.3, 0.4) is 0 Å². The minimum absolute atomic E-state index is 0.297. The standard InChI is InChI=1S/C58H34N4O2/c59-35-37-15-10-23-42(31-37)45-25-12-28-50-53(45)54-46(43-24-11-16-38(32-43)36-60)26-13-29-51(54)61(50)52-30-14-27-47-55(52)58(64)62(57(47)63)56-48(40-19-6-2-7-20-40)33-44(39-17-4-1-5-18-39)34-49(56)41-21-8-3-9-22-41/h1-34H. The number of amides is 2. The Hall–Kier alpha value is -9.10. The summed E-state index contributed by atoms with van der Waals surface area (Å²) in [6.45, 7) is 0. The van der Waals surface area contributed by atoms with Gasteiger partial charge in [-0.1, -0.05) is 146 Å². The van der Waals surface area contributed by atoms with Gasteiger partial charge in [-0.25, -0.2) is 4.90 Å². The molecule has 0 N–H and O–H groups in total. The van der Waals surface area contributed by atoms with E-state index in [4.69, 9.17) is 0 Å². The zero-order chi connectivity index (χ0) is 43.3. The van der Waals surface area contributed by atoms with E-state index in [9.17, 15) is 10.5 Å². The van der Waals surface area contributed by atoms with Gasteiger partial charge in [0.15, 0.2) is 0 Å². The third-order valence-corrected chi connectivity index (χ3v) is 12.2. The fourth-order valence-electron chi connectivity index (χ4n) is 9.37. The molecule has 0 bridgehead atoms. The lowest BCUT2D eigenvalue weighted by Crippen LogP contribution is -2.30. The molecule has 11 rings (SSSR count). The van der Waals surface area contributed by atoms with Crippen LogP contribution in [0.25, 0.3) is 83.1 Å². The van der Waals surface area contributed by atoms with Crippen LogP contribution >= 0.6 is 0 Å². The number of nitriles is 2. The van der Waals surface area contributed by atoms with Crippen LogP contribution in [0.2, 0.25) is 0 Å². The number of aromatic nitrogens is 1. The number of imide groups is 1. The zero-order valence-electron chi connectivity index (χ0n) is 34.2. The third-order valence-electron chi connectivity index (χ3n) is 12.2. The summed E-state index contributed by atoms with van der Waals surface area (Å²) in [6.07, 6.45) is 0. The van der Waals surface area contributed by atoms with E-state index in [-0.39, 0.29) is 0 Å². The molecule has 64 heavy (non-hydrogen) atoms. The molecule has 9 aromatic carbocycles. The Labute approximate surface area is 369 Å². The van der Waals surface area contributed by atoms with Gasteiger partial charge in [0.2, 0.25) is 0 Å². The molecule has 0 radical (unpaired) electrons. The molecule has 0 saturated heterocycles. The summed E-state index contributed by atoms with van der Waals surface area (Å²) in [7, 11) is 0. The molecule has 1 aromatic heterocycles. The quantitative estimate of drug-likeness (QED) is 0.150. The first-order valence-electron chi connectivity index (χ1n) is 21.0. The first-order valence-corrected chi connectivity index (χ1v) is 21.0. The fraction of sp³-hybridized carbons (Fsp3) is 0. The molecule has 298 valence electrons. The number of nitrogens with zero attached hydrogens (tertiary/aromatic N) is 4. The van der Waals surface area contributed by atoms with Crippen LogP contribution in [0.5, 0.6) is 0 Å². The third kappa shape index (κ3) is 6.10. The van der Waals surface area contributed by atoms with Gasteiger partial charge in [-0.2, -0.15) is 10.5 Å². The Morgan fingerprint density at radius 3 is 1.30 bits per heavy atom. The van der Waals surface area contributed by atoms with Crippen LogP contribution in [-0.2, 0) is 0 Å². The Morgan fingerprint density at radius 1 is 0.359 bits per heavy atom. The molecule has 0 fully saturated rings. The molecule has 0 unspecified atom stereocenters. The van der Waals surface area contributed by atoms with Gasteiger partial charge in [-0.05, 0) is 105 Å². The van der Waals surface area contributed by atoms with Crippen molar-refractivity contribution in [3.05, 3.63) is 229 Å². The highest BCUT2D eigenvalue weighted by Gasteiger charge is 2.42. The van der Waals surface area contributed by atoms with Gasteiger partial charge in [0.05, 0.1) is 56.8 Å². The zero-order valence-corrected chi connectivity index (χ0v) is 34.2. The number of hydrogen-bond acceptors (Lipinski definition) is 4. The van der Waals surface area contributed by atoms with Crippen molar-refractivity contribution in [3.8, 4) is 73.5 Å². The number of carbonyl (C=O) groups is 2. The second-order valence-corrected chi connectivity index (χ2v) is 15.8. The van der Waals surface area contributed by atoms with Gasteiger partial charge < -0.3 is 4.57 Å². The molecule has 6 heteroatoms. The summed E-state index contributed by atoms with van der Waals surface area (Å²) in [5.74, 6) is -0.837. The molecule has 0 atom stereocenters. The lowest BCUT2D eigenvalue weighted by atomic mass is 9.90. The smallest absolute Gasteiger partial charge is 0.268 e. The van der Waals surface area contributed by atoms with E-state index in [1.165, 1.54) is 4.90 Å². The van der Waals surface area contributed by atoms with Crippen molar-refractivity contribution >= 4 is 39.3 Å². The summed E-state index contributed by atoms with van der Waals surface area (Å²) < 4.78 is 2.09. The normalized spacial score (nSPS) is 12.1. The van der Waals surface area contributed by atoms with Gasteiger partial charge in [-0.3, -0.25) is 9.59 Å². The lowest BCUT2D eigenvalue weighted by Gasteiger charge is -2.24. The molecule has 2 amide bonds. The first kappa shape index (κ1) is 37.9. The molecule has 6 nitrogen and oxygen atoms in total. The van der Waals surface area contributed by atoms with E-state index in [2.05, 4.69) is 41.0 Å². The van der Waals surface area contributed by atoms with E-state index < -0.39 is 11.8 Å². The Bertz CT molecular complexity index is 3440. The maximum Gasteiger partial charge on any atom is 0.268 e. The maximum atomic E-state index is 15.7. The van der Waals surface area contributed by atoms with Gasteiger partial charge in [0.1, 0.15) is 0 Å². The van der Waals surface area contributed by atoms with Crippen molar-refractivity contribution in [2.24, 2.45) is 0 Å². The summed E-state index contributed by atoms with van der Waals surface area (Å²) in [4.78, 5) is 32.3. The van der Waals surface area contributed by atoms with Gasteiger partial charge in [0, 0.05) is 21.9 Å². The first-order chi connectivity index (χ1) is 31.5. The maximum absolute atomic E-state index is 15.7. The summed E-state index contributed by atoms with van der Waals surface area (Å²) in [6, 6.07) is 71.4. The average Bonchev–Trinajstić information content (AvgIpc) is 3.84. The van der Waals surface area contributed by atoms with Crippen LogP contribution in [-0.4, -0.2) is 16.4 Å². The molecular formula is C58H34N4O2. The van der Waals surface area contributed by atoms with Crippen LogP contribution < -0.4 is 4.90 Å². The second-order valence-electron chi connectivity index (χ2n) is 15.8. The number of fused-ring (bicyclic) bond motifs is 4. The van der Waals surface area contributed by atoms with Crippen molar-refractivity contribution < 1.29 is 9.59 Å². The van der Waals surface area contributed by atoms with Crippen molar-refractivity contribution in [1.29, 1.82) is 10.5 Å². The summed E-state index contributed by atoms with van der Waals surface area (Å²) in [5.41, 5.74) is 13.1. The van der Waals surface area contributed by atoms with Crippen LogP contribution in [0.1, 0.15) is 31.8 Å². The highest BCUT2D eigenvalue weighted by Crippen LogP contribution is 2.48. The fourth-order valence-corrected chi connectivity index (χ4v) is 9.37. The molecular weight excluding hydrogens is 785 g/mol. The van der Waals surface area contributed by atoms with Crippen LogP contribution in [0.15, 0.2) is 206 Å². The van der Waals surface area contributed by atoms with Crippen molar-refractivity contribution in [3.63, 3.8) is 0 Å². The van der Waals surface area contributed by atoms with E-state index in [0.29, 0.717) is 33.6 Å². The molecule has 1 aliphatic heterocycles. The number of benzene rings is 9. The molecule has 2 heterocycles. The molecule has 0 saturated carbocycles. The second kappa shape index (κ2) is 15.4. The van der Waals surface area contributed by atoms with Crippen LogP contribution in [0, 0.1) is 22.7 Å². The number of carbonyl (C=O) groups excluding carboxylic acids is 2. The van der Waals surface area contributed by atoms with Gasteiger partial charge >= 0.3 is 0 Å². The SMILES string of the molecule is N#Cc1cccc(-c2cccc3c2c2c(-c4cccc(C#N)c4)cccc2n3-c2cccc3c2C(=O)N(c2c(-c4ccccc4)cc(-c4ccccc4)cc2-c2ccccc2)C3=O)c1. The number of anilines is 1. The van der Waals surface area contributed by atoms with Crippen molar-refractivity contribution in [1.82, 2.24) is 4.57 Å². The van der Waals surface area contributed by atoms with Gasteiger partial charge in [-0.15, -0.1) is 0 Å². The Kier molecular flexibility index (Phi) is 9.12. The predicted molar refractivity (Wildman–Crippen MR) is 255 cm³/mol. The predicted octanol–water partition coefficient (Wildman–Crippen LogP) is 13.7. The summed E-state index contributed by atoms with van der Waals surface area (Å²) >= 11 is 0. The van der Waals surface area contributed by atoms with Crippen molar-refractivity contribution in [2.75, 3.05) is 4.90 Å². The largest absolute Gasteiger partial charge is 0.308 e. The summed E-state index contributed by atoms with van der Waals surface area (Å²) in [5, 5.41) is 21.6. The van der Waals surface area contributed by atoms with E-state index in [1.807, 2.05) is 164 Å². The number of rotatable bonds is 7. The lowest BCUT2D eigenvalue weighted by molar-refractivity contribution is 0.0926. The average molecular weight is 819 g/mol. The van der Waals surface area contributed by atoms with Crippen LogP contribution in [0.4, 0.5) is 5.69 Å². The monoisotopic (exact) mass is 818 g/mol. The van der Waals surface area contributed by atoms with E-state index >= 15 is 9.59 Å². The Balaban J connectivity index is 1.19. The van der Waals surface area contributed by atoms with E-state index in [1.54, 1.807) is 18.2 Å². The highest BCUT2D eigenvalue weighted by atomic mass is 16.2. The minimum Gasteiger partial charge on any atom is -0.308 e. The highest BCUT2D eigenvalue weighted by molar-refractivity contribution is 6.37. The topological polar surface area (TPSA) is 89.9 Å². The van der Waals surface area contributed by atoms with E-state index in [0.717, 1.165) is 77.4 Å². The molecule has 0 spiro atoms. The Morgan fingerprint density at radius 2 is 0.797 bits per heavy atom. The van der Waals surface area contributed by atoms with Crippen molar-refractivity contribution in [2.45, 2.75) is 0 Å². The minimum atomic E-state index is -0.428. The molecule has 1 aliphatic rings. The molecule has 0 aliphatic carbocycles.